The number of nitrogens with zero attached hydrogens (tertiary/aromatic N) is 1. The molecule has 0 atom stereocenters. The first kappa shape index (κ1) is 16.0. The summed E-state index contributed by atoms with van der Waals surface area (Å²) in [7, 11) is 1.42. The molecule has 0 bridgehead atoms. The maximum Gasteiger partial charge on any atom is 0.322 e. The number of esters is 1. The van der Waals surface area contributed by atoms with Crippen LogP contribution in [-0.2, 0) is 10.2 Å². The monoisotopic (exact) mass is 327 g/mol. The third-order valence-electron chi connectivity index (χ3n) is 4.49. The molecule has 2 aromatic carbocycles. The van der Waals surface area contributed by atoms with Crippen molar-refractivity contribution < 1.29 is 19.2 Å². The van der Waals surface area contributed by atoms with Gasteiger partial charge in [-0.2, -0.15) is 0 Å². The van der Waals surface area contributed by atoms with E-state index in [0.29, 0.717) is 18.6 Å². The Hall–Kier alpha value is -2.89. The molecule has 0 N–H and O–H groups in total. The second-order valence-corrected chi connectivity index (χ2v) is 5.78. The number of carbonyl (C=O) groups is 1. The lowest BCUT2D eigenvalue weighted by molar-refractivity contribution is -0.385. The quantitative estimate of drug-likeness (QED) is 0.363. The Kier molecular flexibility index (Phi) is 4.20. The van der Waals surface area contributed by atoms with Crippen molar-refractivity contribution >= 4 is 11.7 Å². The maximum atomic E-state index is 12.8. The standard InChI is InChI=1S/C18H17NO5/c1-23-14-8-9-16(15(12-14)19(21)22)24-17(20)18(10-5-11-18)13-6-3-2-4-7-13/h2-4,6-9,12H,5,10-11H2,1H3. The van der Waals surface area contributed by atoms with Gasteiger partial charge in [-0.05, 0) is 30.5 Å². The normalized spacial score (nSPS) is 15.2. The number of hydrogen-bond acceptors (Lipinski definition) is 5. The van der Waals surface area contributed by atoms with Gasteiger partial charge in [0.15, 0.2) is 0 Å². The molecule has 0 radical (unpaired) electrons. The van der Waals surface area contributed by atoms with Gasteiger partial charge in [0, 0.05) is 0 Å². The van der Waals surface area contributed by atoms with Gasteiger partial charge in [-0.15, -0.1) is 0 Å². The van der Waals surface area contributed by atoms with Gasteiger partial charge in [0.1, 0.15) is 5.75 Å². The third kappa shape index (κ3) is 2.71. The lowest BCUT2D eigenvalue weighted by atomic mass is 9.64. The van der Waals surface area contributed by atoms with Gasteiger partial charge in [-0.25, -0.2) is 0 Å². The predicted molar refractivity (Wildman–Crippen MR) is 87.3 cm³/mol. The highest BCUT2D eigenvalue weighted by Gasteiger charge is 2.47. The second-order valence-electron chi connectivity index (χ2n) is 5.78. The van der Waals surface area contributed by atoms with Crippen molar-refractivity contribution in [1.82, 2.24) is 0 Å². The van der Waals surface area contributed by atoms with Crippen molar-refractivity contribution in [2.75, 3.05) is 7.11 Å². The SMILES string of the molecule is COc1ccc(OC(=O)C2(c3ccccc3)CCC2)c([N+](=O)[O-])c1. The molecular weight excluding hydrogens is 310 g/mol. The minimum absolute atomic E-state index is 0.0620. The summed E-state index contributed by atoms with van der Waals surface area (Å²) >= 11 is 0. The van der Waals surface area contributed by atoms with E-state index in [1.54, 1.807) is 0 Å². The van der Waals surface area contributed by atoms with Gasteiger partial charge in [0.05, 0.1) is 23.5 Å². The molecule has 0 aromatic heterocycles. The molecule has 0 amide bonds. The summed E-state index contributed by atoms with van der Waals surface area (Å²) in [4.78, 5) is 23.4. The summed E-state index contributed by atoms with van der Waals surface area (Å²) in [5.74, 6) is -0.177. The van der Waals surface area contributed by atoms with Gasteiger partial charge < -0.3 is 9.47 Å². The van der Waals surface area contributed by atoms with E-state index in [1.165, 1.54) is 25.3 Å². The molecule has 1 fully saturated rings. The zero-order chi connectivity index (χ0) is 17.2. The molecule has 6 nitrogen and oxygen atoms in total. The molecule has 0 aliphatic heterocycles. The van der Waals surface area contributed by atoms with Crippen LogP contribution in [0, 0.1) is 10.1 Å². The van der Waals surface area contributed by atoms with E-state index in [9.17, 15) is 14.9 Å². The predicted octanol–water partition coefficient (Wildman–Crippen LogP) is 3.63. The largest absolute Gasteiger partial charge is 0.496 e. The smallest absolute Gasteiger partial charge is 0.322 e. The molecule has 6 heteroatoms. The Morgan fingerprint density at radius 1 is 1.17 bits per heavy atom. The van der Waals surface area contributed by atoms with E-state index >= 15 is 0 Å². The summed E-state index contributed by atoms with van der Waals surface area (Å²) in [6.07, 6.45) is 2.29. The van der Waals surface area contributed by atoms with Crippen LogP contribution in [-0.4, -0.2) is 18.0 Å². The van der Waals surface area contributed by atoms with Crippen LogP contribution in [0.25, 0.3) is 0 Å². The molecular formula is C18H17NO5. The van der Waals surface area contributed by atoms with Crippen molar-refractivity contribution in [2.45, 2.75) is 24.7 Å². The number of nitro benzene ring substituents is 1. The van der Waals surface area contributed by atoms with E-state index in [2.05, 4.69) is 0 Å². The zero-order valence-electron chi connectivity index (χ0n) is 13.2. The van der Waals surface area contributed by atoms with Crippen LogP contribution in [0.2, 0.25) is 0 Å². The Bertz CT molecular complexity index is 768. The minimum Gasteiger partial charge on any atom is -0.496 e. The summed E-state index contributed by atoms with van der Waals surface area (Å²) in [6.45, 7) is 0. The van der Waals surface area contributed by atoms with Crippen LogP contribution in [0.4, 0.5) is 5.69 Å². The lowest BCUT2D eigenvalue weighted by Gasteiger charge is -2.39. The van der Waals surface area contributed by atoms with Gasteiger partial charge in [-0.1, -0.05) is 36.8 Å². The van der Waals surface area contributed by atoms with Crippen LogP contribution >= 0.6 is 0 Å². The van der Waals surface area contributed by atoms with Crippen molar-refractivity contribution in [2.24, 2.45) is 0 Å². The second kappa shape index (κ2) is 6.31. The van der Waals surface area contributed by atoms with E-state index in [4.69, 9.17) is 9.47 Å². The Morgan fingerprint density at radius 3 is 2.42 bits per heavy atom. The Labute approximate surface area is 139 Å². The summed E-state index contributed by atoms with van der Waals surface area (Å²) in [5.41, 5.74) is -0.114. The molecule has 124 valence electrons. The summed E-state index contributed by atoms with van der Waals surface area (Å²) in [5, 5.41) is 11.2. The molecule has 0 heterocycles. The molecule has 1 aliphatic carbocycles. The zero-order valence-corrected chi connectivity index (χ0v) is 13.2. The number of ether oxygens (including phenoxy) is 2. The number of methoxy groups -OCH3 is 1. The van der Waals surface area contributed by atoms with E-state index in [1.807, 2.05) is 30.3 Å². The molecule has 0 spiro atoms. The van der Waals surface area contributed by atoms with Crippen LogP contribution in [0.1, 0.15) is 24.8 Å². The van der Waals surface area contributed by atoms with Crippen molar-refractivity contribution in [3.63, 3.8) is 0 Å². The van der Waals surface area contributed by atoms with Gasteiger partial charge in [-0.3, -0.25) is 14.9 Å². The summed E-state index contributed by atoms with van der Waals surface area (Å²) in [6, 6.07) is 13.6. The maximum absolute atomic E-state index is 12.8. The average Bonchev–Trinajstić information content (AvgIpc) is 2.55. The lowest BCUT2D eigenvalue weighted by Crippen LogP contribution is -2.45. The number of carbonyl (C=O) groups excluding carboxylic acids is 1. The Morgan fingerprint density at radius 2 is 1.88 bits per heavy atom. The first-order valence-corrected chi connectivity index (χ1v) is 7.67. The molecule has 0 unspecified atom stereocenters. The van der Waals surface area contributed by atoms with Crippen LogP contribution in [0.3, 0.4) is 0 Å². The van der Waals surface area contributed by atoms with Crippen molar-refractivity contribution in [3.8, 4) is 11.5 Å². The van der Waals surface area contributed by atoms with Crippen LogP contribution in [0.15, 0.2) is 48.5 Å². The van der Waals surface area contributed by atoms with Crippen LogP contribution in [0.5, 0.6) is 11.5 Å². The Balaban J connectivity index is 1.91. The first-order chi connectivity index (χ1) is 11.6. The molecule has 3 rings (SSSR count). The molecule has 1 saturated carbocycles. The van der Waals surface area contributed by atoms with Crippen LogP contribution < -0.4 is 9.47 Å². The van der Waals surface area contributed by atoms with Crippen molar-refractivity contribution in [1.29, 1.82) is 0 Å². The molecule has 2 aromatic rings. The third-order valence-corrected chi connectivity index (χ3v) is 4.49. The fourth-order valence-electron chi connectivity index (χ4n) is 2.95. The van der Waals surface area contributed by atoms with Gasteiger partial charge in [0.2, 0.25) is 5.75 Å². The summed E-state index contributed by atoms with van der Waals surface area (Å²) < 4.78 is 10.4. The van der Waals surface area contributed by atoms with Crippen molar-refractivity contribution in [3.05, 3.63) is 64.2 Å². The topological polar surface area (TPSA) is 78.7 Å². The highest BCUT2D eigenvalue weighted by Crippen LogP contribution is 2.45. The first-order valence-electron chi connectivity index (χ1n) is 7.67. The van der Waals surface area contributed by atoms with E-state index < -0.39 is 16.3 Å². The number of benzene rings is 2. The average molecular weight is 327 g/mol. The van der Waals surface area contributed by atoms with E-state index in [0.717, 1.165) is 12.0 Å². The fraction of sp³-hybridized carbons (Fsp3) is 0.278. The molecule has 24 heavy (non-hydrogen) atoms. The molecule has 1 aliphatic rings. The highest BCUT2D eigenvalue weighted by molar-refractivity contribution is 5.87. The van der Waals surface area contributed by atoms with E-state index in [-0.39, 0.29) is 11.4 Å². The number of rotatable bonds is 5. The number of nitro groups is 1. The number of hydrogen-bond donors (Lipinski definition) is 0. The minimum atomic E-state index is -0.713. The fourth-order valence-corrected chi connectivity index (χ4v) is 2.95. The highest BCUT2D eigenvalue weighted by atomic mass is 16.6. The molecule has 0 saturated heterocycles. The van der Waals surface area contributed by atoms with Gasteiger partial charge in [0.25, 0.3) is 0 Å². The van der Waals surface area contributed by atoms with Gasteiger partial charge >= 0.3 is 11.7 Å².